The molecule has 7 nitrogen and oxygen atoms in total. The number of halogens is 1. The van der Waals surface area contributed by atoms with Gasteiger partial charge >= 0.3 is 0 Å². The molecule has 2 aromatic heterocycles. The largest absolute Gasteiger partial charge is 0.346 e. The zero-order valence-corrected chi connectivity index (χ0v) is 21.8. The average molecular weight is 522 g/mol. The number of nitrogens with one attached hydrogen (secondary N) is 3. The lowest BCUT2D eigenvalue weighted by atomic mass is 10.0. The Morgan fingerprint density at radius 1 is 0.872 bits per heavy atom. The molecule has 0 radical (unpaired) electrons. The number of amides is 2. The van der Waals surface area contributed by atoms with Crippen molar-refractivity contribution >= 4 is 28.3 Å². The van der Waals surface area contributed by atoms with Crippen molar-refractivity contribution in [3.05, 3.63) is 102 Å². The summed E-state index contributed by atoms with van der Waals surface area (Å²) in [4.78, 5) is 38.1. The Morgan fingerprint density at radius 2 is 1.62 bits per heavy atom. The van der Waals surface area contributed by atoms with Crippen molar-refractivity contribution in [3.63, 3.8) is 0 Å². The highest BCUT2D eigenvalue weighted by molar-refractivity contribution is 5.99. The number of benzene rings is 3. The topological polar surface area (TPSA) is 99.8 Å². The summed E-state index contributed by atoms with van der Waals surface area (Å²) in [6.07, 6.45) is 3.48. The average Bonchev–Trinajstić information content (AvgIpc) is 3.43. The van der Waals surface area contributed by atoms with Crippen LogP contribution in [-0.4, -0.2) is 26.8 Å². The van der Waals surface area contributed by atoms with E-state index < -0.39 is 0 Å². The van der Waals surface area contributed by atoms with Gasteiger partial charge in [-0.2, -0.15) is 0 Å². The molecule has 0 aliphatic rings. The van der Waals surface area contributed by atoms with Crippen LogP contribution >= 0.6 is 0 Å². The lowest BCUT2D eigenvalue weighted by Gasteiger charge is -2.16. The molecule has 5 aromatic rings. The van der Waals surface area contributed by atoms with Gasteiger partial charge in [-0.1, -0.05) is 50.2 Å². The summed E-state index contributed by atoms with van der Waals surface area (Å²) in [5.41, 5.74) is 3.66. The number of rotatable bonds is 7. The summed E-state index contributed by atoms with van der Waals surface area (Å²) in [6.45, 7) is 5.43. The van der Waals surface area contributed by atoms with Crippen LogP contribution in [0.3, 0.4) is 0 Å². The van der Waals surface area contributed by atoms with Crippen LogP contribution in [0.1, 0.15) is 42.7 Å². The monoisotopic (exact) mass is 521 g/mol. The number of pyridine rings is 1. The standard InChI is InChI=1S/C31H28FN5O2/c1-18(2)30(38)36-26-13-23(12-24(14-26)31(39)35-19(3)20-8-10-25(32)11-9-20)28-17-34-29(37-28)27-15-21-6-4-5-7-22(21)16-33-27/h4-19H,1-3H3,(H,34,37)(H,35,39)(H,36,38). The fourth-order valence-corrected chi connectivity index (χ4v) is 4.20. The third kappa shape index (κ3) is 5.85. The van der Waals surface area contributed by atoms with E-state index in [1.54, 1.807) is 56.6 Å². The van der Waals surface area contributed by atoms with Crippen LogP contribution in [0.2, 0.25) is 0 Å². The zero-order chi connectivity index (χ0) is 27.5. The molecule has 3 aromatic carbocycles. The maximum Gasteiger partial charge on any atom is 0.251 e. The summed E-state index contributed by atoms with van der Waals surface area (Å²) in [5, 5.41) is 7.92. The minimum atomic E-state index is -0.354. The Morgan fingerprint density at radius 3 is 2.36 bits per heavy atom. The summed E-state index contributed by atoms with van der Waals surface area (Å²) in [6, 6.07) is 20.7. The van der Waals surface area contributed by atoms with E-state index in [9.17, 15) is 14.0 Å². The number of anilines is 1. The van der Waals surface area contributed by atoms with Gasteiger partial charge in [-0.25, -0.2) is 9.37 Å². The van der Waals surface area contributed by atoms with Crippen LogP contribution in [0.25, 0.3) is 33.5 Å². The second kappa shape index (κ2) is 10.9. The molecule has 196 valence electrons. The molecule has 8 heteroatoms. The van der Waals surface area contributed by atoms with Crippen LogP contribution in [0, 0.1) is 11.7 Å². The quantitative estimate of drug-likeness (QED) is 0.227. The Kier molecular flexibility index (Phi) is 7.19. The Balaban J connectivity index is 1.47. The Labute approximate surface area is 225 Å². The Hall–Kier alpha value is -4.85. The fourth-order valence-electron chi connectivity index (χ4n) is 4.20. The first-order chi connectivity index (χ1) is 18.8. The summed E-state index contributed by atoms with van der Waals surface area (Å²) in [7, 11) is 0. The van der Waals surface area contributed by atoms with Gasteiger partial charge < -0.3 is 15.6 Å². The van der Waals surface area contributed by atoms with Crippen molar-refractivity contribution in [2.24, 2.45) is 5.92 Å². The smallest absolute Gasteiger partial charge is 0.251 e. The van der Waals surface area contributed by atoms with Crippen LogP contribution in [0.15, 0.2) is 85.2 Å². The molecule has 1 unspecified atom stereocenters. The first-order valence-corrected chi connectivity index (χ1v) is 12.7. The third-order valence-electron chi connectivity index (χ3n) is 6.47. The molecular formula is C31H28FN5O2. The highest BCUT2D eigenvalue weighted by atomic mass is 19.1. The molecule has 2 amide bonds. The molecule has 3 N–H and O–H groups in total. The maximum atomic E-state index is 13.3. The van der Waals surface area contributed by atoms with Crippen LogP contribution in [-0.2, 0) is 4.79 Å². The molecule has 0 aliphatic heterocycles. The van der Waals surface area contributed by atoms with Crippen molar-refractivity contribution < 1.29 is 14.0 Å². The van der Waals surface area contributed by atoms with Gasteiger partial charge in [-0.15, -0.1) is 0 Å². The molecule has 0 spiro atoms. The van der Waals surface area contributed by atoms with Crippen molar-refractivity contribution in [2.75, 3.05) is 5.32 Å². The SMILES string of the molecule is CC(C)C(=O)Nc1cc(C(=O)NC(C)c2ccc(F)cc2)cc(-c2cnc(-c3cc4ccccc4cn3)[nH]2)c1. The summed E-state index contributed by atoms with van der Waals surface area (Å²) < 4.78 is 13.3. The number of hydrogen-bond acceptors (Lipinski definition) is 4. The number of nitrogens with zero attached hydrogens (tertiary/aromatic N) is 2. The molecule has 5 rings (SSSR count). The van der Waals surface area contributed by atoms with E-state index in [1.165, 1.54) is 12.1 Å². The van der Waals surface area contributed by atoms with Crippen molar-refractivity contribution in [1.29, 1.82) is 0 Å². The van der Waals surface area contributed by atoms with Gasteiger partial charge in [-0.3, -0.25) is 14.6 Å². The first kappa shape index (κ1) is 25.8. The highest BCUT2D eigenvalue weighted by Crippen LogP contribution is 2.27. The molecule has 0 fully saturated rings. The number of H-pyrrole nitrogens is 1. The first-order valence-electron chi connectivity index (χ1n) is 12.7. The highest BCUT2D eigenvalue weighted by Gasteiger charge is 2.17. The van der Waals surface area contributed by atoms with Gasteiger partial charge in [0.2, 0.25) is 5.91 Å². The van der Waals surface area contributed by atoms with Gasteiger partial charge in [-0.05, 0) is 54.3 Å². The number of carbonyl (C=O) groups is 2. The predicted molar refractivity (Wildman–Crippen MR) is 151 cm³/mol. The summed E-state index contributed by atoms with van der Waals surface area (Å²) in [5.74, 6) is -0.479. The molecular weight excluding hydrogens is 493 g/mol. The van der Waals surface area contributed by atoms with Gasteiger partial charge in [0, 0.05) is 34.3 Å². The van der Waals surface area contributed by atoms with Crippen LogP contribution < -0.4 is 10.6 Å². The molecule has 2 heterocycles. The van der Waals surface area contributed by atoms with E-state index in [2.05, 4.69) is 25.6 Å². The van der Waals surface area contributed by atoms with Gasteiger partial charge in [0.1, 0.15) is 11.5 Å². The van der Waals surface area contributed by atoms with E-state index >= 15 is 0 Å². The lowest BCUT2D eigenvalue weighted by molar-refractivity contribution is -0.118. The molecule has 39 heavy (non-hydrogen) atoms. The van der Waals surface area contributed by atoms with Crippen molar-refractivity contribution in [1.82, 2.24) is 20.3 Å². The van der Waals surface area contributed by atoms with E-state index in [-0.39, 0.29) is 29.6 Å². The minimum absolute atomic E-state index is 0.163. The van der Waals surface area contributed by atoms with E-state index in [0.717, 1.165) is 16.3 Å². The molecule has 0 saturated heterocycles. The number of aromatic amines is 1. The third-order valence-corrected chi connectivity index (χ3v) is 6.47. The second-order valence-corrected chi connectivity index (χ2v) is 9.75. The van der Waals surface area contributed by atoms with Crippen LogP contribution in [0.4, 0.5) is 10.1 Å². The van der Waals surface area contributed by atoms with Gasteiger partial charge in [0.25, 0.3) is 5.91 Å². The van der Waals surface area contributed by atoms with Gasteiger partial charge in [0.05, 0.1) is 17.9 Å². The number of hydrogen-bond donors (Lipinski definition) is 3. The number of aromatic nitrogens is 3. The molecule has 1 atom stereocenters. The zero-order valence-electron chi connectivity index (χ0n) is 21.8. The van der Waals surface area contributed by atoms with Gasteiger partial charge in [0.15, 0.2) is 5.82 Å². The second-order valence-electron chi connectivity index (χ2n) is 9.75. The lowest BCUT2D eigenvalue weighted by Crippen LogP contribution is -2.27. The molecule has 0 saturated carbocycles. The number of imidazole rings is 1. The minimum Gasteiger partial charge on any atom is -0.346 e. The number of carbonyl (C=O) groups excluding carboxylic acids is 2. The van der Waals surface area contributed by atoms with Crippen molar-refractivity contribution in [3.8, 4) is 22.8 Å². The fraction of sp³-hybridized carbons (Fsp3) is 0.161. The number of fused-ring (bicyclic) bond motifs is 1. The van der Waals surface area contributed by atoms with E-state index in [1.807, 2.05) is 37.3 Å². The summed E-state index contributed by atoms with van der Waals surface area (Å²) >= 11 is 0. The molecule has 0 bridgehead atoms. The normalized spacial score (nSPS) is 11.9. The Bertz CT molecular complexity index is 1660. The molecule has 0 aliphatic carbocycles. The maximum absolute atomic E-state index is 13.3. The van der Waals surface area contributed by atoms with Crippen molar-refractivity contribution in [2.45, 2.75) is 26.8 Å². The van der Waals surface area contributed by atoms with E-state index in [4.69, 9.17) is 0 Å². The van der Waals surface area contributed by atoms with Crippen LogP contribution in [0.5, 0.6) is 0 Å². The van der Waals surface area contributed by atoms with E-state index in [0.29, 0.717) is 34.0 Å². The predicted octanol–water partition coefficient (Wildman–Crippen LogP) is 6.52.